The molecule has 0 aromatic carbocycles. The number of halogens is 1. The summed E-state index contributed by atoms with van der Waals surface area (Å²) in [5.41, 5.74) is 0. The van der Waals surface area contributed by atoms with Crippen molar-refractivity contribution in [3.63, 3.8) is 0 Å². The van der Waals surface area contributed by atoms with E-state index in [2.05, 4.69) is 14.4 Å². The number of ether oxygens (including phenoxy) is 1. The van der Waals surface area contributed by atoms with Crippen LogP contribution in [0.2, 0.25) is 5.15 Å². The highest BCUT2D eigenvalue weighted by molar-refractivity contribution is 6.34. The van der Waals surface area contributed by atoms with E-state index in [1.165, 1.54) is 0 Å². The van der Waals surface area contributed by atoms with E-state index in [-0.39, 0.29) is 16.7 Å². The molecule has 0 aliphatic heterocycles. The van der Waals surface area contributed by atoms with Crippen molar-refractivity contribution in [2.45, 2.75) is 0 Å². The molecule has 0 saturated carbocycles. The lowest BCUT2D eigenvalue weighted by atomic mass is 10.2. The summed E-state index contributed by atoms with van der Waals surface area (Å²) in [6, 6.07) is 1.10. The molecule has 0 aliphatic rings. The smallest absolute Gasteiger partial charge is 0.509 e. The van der Waals surface area contributed by atoms with Crippen LogP contribution in [0.4, 0.5) is 0 Å². The second-order valence-corrected chi connectivity index (χ2v) is 2.39. The van der Waals surface area contributed by atoms with Gasteiger partial charge in [0.15, 0.2) is 11.5 Å². The molecule has 0 spiro atoms. The molecule has 7 heteroatoms. The number of hydrogen-bond acceptors (Lipinski definition) is 5. The first kappa shape index (κ1) is 6.47. The van der Waals surface area contributed by atoms with Crippen LogP contribution in [0.5, 0.6) is 11.5 Å². The molecule has 5 nitrogen and oxygen atoms in total. The average molecular weight is 206 g/mol. The van der Waals surface area contributed by atoms with Gasteiger partial charge in [0.2, 0.25) is 0 Å². The molecule has 0 bridgehead atoms. The van der Waals surface area contributed by atoms with Gasteiger partial charge in [-0.1, -0.05) is 11.6 Å². The monoisotopic (exact) mass is 206 g/mol. The zero-order chi connectivity index (χ0) is 12.3. The standard InChI is InChI=1S/C6H7BClNO4/c1-12-5-3-9-6(8)2-4(5)13-7(10)11/h2-3,10-11H,1H3/i1D3. The molecular formula is C6H7BClNO4. The Morgan fingerprint density at radius 1 is 1.62 bits per heavy atom. The van der Waals surface area contributed by atoms with Crippen molar-refractivity contribution in [2.24, 2.45) is 0 Å². The highest BCUT2D eigenvalue weighted by Crippen LogP contribution is 2.27. The Kier molecular flexibility index (Phi) is 2.15. The molecule has 0 radical (unpaired) electrons. The molecule has 2 N–H and O–H groups in total. The minimum Gasteiger partial charge on any atom is -0.509 e. The lowest BCUT2D eigenvalue weighted by Gasteiger charge is -2.08. The number of methoxy groups -OCH3 is 1. The molecule has 1 heterocycles. The van der Waals surface area contributed by atoms with Crippen LogP contribution in [0.15, 0.2) is 12.3 Å². The van der Waals surface area contributed by atoms with E-state index in [1.54, 1.807) is 0 Å². The summed E-state index contributed by atoms with van der Waals surface area (Å²) in [6.07, 6.45) is 1.01. The van der Waals surface area contributed by atoms with Crippen molar-refractivity contribution in [3.05, 3.63) is 17.4 Å². The highest BCUT2D eigenvalue weighted by atomic mass is 35.5. The number of hydrogen-bond donors (Lipinski definition) is 2. The maximum atomic E-state index is 8.59. The van der Waals surface area contributed by atoms with Crippen LogP contribution in [-0.2, 0) is 0 Å². The average Bonchev–Trinajstić information content (AvgIpc) is 2.06. The first-order valence-corrected chi connectivity index (χ1v) is 3.53. The van der Waals surface area contributed by atoms with E-state index in [0.29, 0.717) is 0 Å². The molecule has 0 fully saturated rings. The first-order valence-electron chi connectivity index (χ1n) is 4.65. The lowest BCUT2D eigenvalue weighted by molar-refractivity contribution is 0.279. The van der Waals surface area contributed by atoms with Crippen molar-refractivity contribution >= 4 is 18.9 Å². The molecule has 0 unspecified atom stereocenters. The molecule has 0 amide bonds. The fraction of sp³-hybridized carbons (Fsp3) is 0.167. The Morgan fingerprint density at radius 2 is 2.38 bits per heavy atom. The van der Waals surface area contributed by atoms with Crippen LogP contribution in [0.3, 0.4) is 0 Å². The van der Waals surface area contributed by atoms with E-state index in [4.69, 9.17) is 25.8 Å². The topological polar surface area (TPSA) is 71.8 Å². The van der Waals surface area contributed by atoms with Crippen LogP contribution >= 0.6 is 11.6 Å². The molecule has 1 rings (SSSR count). The largest absolute Gasteiger partial charge is 0.707 e. The van der Waals surface area contributed by atoms with E-state index in [1.807, 2.05) is 0 Å². The zero-order valence-corrected chi connectivity index (χ0v) is 7.02. The number of aromatic nitrogens is 1. The maximum Gasteiger partial charge on any atom is 0.707 e. The Hall–Kier alpha value is -0.975. The van der Waals surface area contributed by atoms with Crippen LogP contribution in [0.25, 0.3) is 0 Å². The van der Waals surface area contributed by atoms with Crippen molar-refractivity contribution in [3.8, 4) is 11.5 Å². The van der Waals surface area contributed by atoms with Crippen molar-refractivity contribution < 1.29 is 23.6 Å². The molecule has 1 aromatic heterocycles. The summed E-state index contributed by atoms with van der Waals surface area (Å²) in [5.74, 6) is -0.497. The predicted molar refractivity (Wildman–Crippen MR) is 46.6 cm³/mol. The van der Waals surface area contributed by atoms with Crippen LogP contribution in [0, 0.1) is 0 Å². The van der Waals surface area contributed by atoms with Crippen molar-refractivity contribution in [2.75, 3.05) is 7.04 Å². The third-order valence-electron chi connectivity index (χ3n) is 1.14. The quantitative estimate of drug-likeness (QED) is 0.542. The van der Waals surface area contributed by atoms with Crippen molar-refractivity contribution in [1.29, 1.82) is 0 Å². The normalized spacial score (nSPS) is 13.9. The Bertz CT molecular complexity index is 375. The van der Waals surface area contributed by atoms with Gasteiger partial charge in [0.1, 0.15) is 5.15 Å². The van der Waals surface area contributed by atoms with E-state index >= 15 is 0 Å². The molecule has 0 aliphatic carbocycles. The van der Waals surface area contributed by atoms with Crippen LogP contribution in [-0.4, -0.2) is 29.4 Å². The summed E-state index contributed by atoms with van der Waals surface area (Å²) < 4.78 is 29.6. The molecule has 0 atom stereocenters. The molecule has 0 saturated heterocycles. The van der Waals surface area contributed by atoms with Gasteiger partial charge in [-0.05, 0) is 0 Å². The summed E-state index contributed by atoms with van der Waals surface area (Å²) in [4.78, 5) is 3.58. The van der Waals surface area contributed by atoms with Crippen LogP contribution in [0.1, 0.15) is 4.11 Å². The van der Waals surface area contributed by atoms with Crippen molar-refractivity contribution in [1.82, 2.24) is 4.98 Å². The maximum absolute atomic E-state index is 8.59. The second-order valence-electron chi connectivity index (χ2n) is 2.00. The van der Waals surface area contributed by atoms with Gasteiger partial charge in [0.25, 0.3) is 0 Å². The highest BCUT2D eigenvalue weighted by Gasteiger charge is 2.15. The zero-order valence-electron chi connectivity index (χ0n) is 9.27. The molecular weight excluding hydrogens is 196 g/mol. The Balaban J connectivity index is 2.98. The van der Waals surface area contributed by atoms with Gasteiger partial charge in [-0.3, -0.25) is 0 Å². The number of pyridine rings is 1. The predicted octanol–water partition coefficient (Wildman–Crippen LogP) is 0.0919. The van der Waals surface area contributed by atoms with Gasteiger partial charge in [-0.15, -0.1) is 0 Å². The molecule has 13 heavy (non-hydrogen) atoms. The fourth-order valence-electron chi connectivity index (χ4n) is 0.683. The van der Waals surface area contributed by atoms with Gasteiger partial charge in [-0.25, -0.2) is 4.98 Å². The number of nitrogens with zero attached hydrogens (tertiary/aromatic N) is 1. The first-order chi connectivity index (χ1) is 7.28. The van der Waals surface area contributed by atoms with Gasteiger partial charge in [-0.2, -0.15) is 0 Å². The SMILES string of the molecule is [2H]C([2H])([2H])Oc1cnc(Cl)cc1OB(O)O. The second kappa shape index (κ2) is 4.31. The minimum absolute atomic E-state index is 0.00598. The summed E-state index contributed by atoms with van der Waals surface area (Å²) in [5, 5.41) is 17.2. The van der Waals surface area contributed by atoms with E-state index in [9.17, 15) is 0 Å². The summed E-state index contributed by atoms with van der Waals surface area (Å²) in [7, 11) is -4.81. The van der Waals surface area contributed by atoms with Gasteiger partial charge in [0.05, 0.1) is 17.3 Å². The van der Waals surface area contributed by atoms with Gasteiger partial charge in [0, 0.05) is 6.07 Å². The summed E-state index contributed by atoms with van der Waals surface area (Å²) in [6.45, 7) is 0. The minimum atomic E-state index is -2.70. The van der Waals surface area contributed by atoms with Crippen LogP contribution < -0.4 is 9.39 Å². The molecule has 1 aromatic rings. The van der Waals surface area contributed by atoms with E-state index < -0.39 is 14.4 Å². The Morgan fingerprint density at radius 3 is 3.00 bits per heavy atom. The lowest BCUT2D eigenvalue weighted by Crippen LogP contribution is -2.20. The third-order valence-corrected chi connectivity index (χ3v) is 1.35. The Labute approximate surface area is 84.3 Å². The number of rotatable bonds is 3. The molecule has 70 valence electrons. The fourth-order valence-corrected chi connectivity index (χ4v) is 0.831. The summed E-state index contributed by atoms with van der Waals surface area (Å²) >= 11 is 5.52. The van der Waals surface area contributed by atoms with E-state index in [0.717, 1.165) is 12.3 Å². The third kappa shape index (κ3) is 2.76. The van der Waals surface area contributed by atoms with Gasteiger partial charge < -0.3 is 19.4 Å². The van der Waals surface area contributed by atoms with Gasteiger partial charge >= 0.3 is 7.32 Å².